The molecular weight excluding hydrogens is 222 g/mol. The molecule has 6 heteroatoms. The summed E-state index contributed by atoms with van der Waals surface area (Å²) in [4.78, 5) is 26.5. The minimum atomic E-state index is -0.236. The van der Waals surface area contributed by atoms with Gasteiger partial charge in [-0.05, 0) is 13.3 Å². The summed E-state index contributed by atoms with van der Waals surface area (Å²) in [6, 6.07) is 0. The number of imidazole rings is 1. The Balaban J connectivity index is 2.19. The number of hydrogen-bond donors (Lipinski definition) is 1. The molecule has 1 aromatic heterocycles. The number of aromatic nitrogens is 2. The molecule has 1 amide bonds. The van der Waals surface area contributed by atoms with Gasteiger partial charge in [0.15, 0.2) is 0 Å². The van der Waals surface area contributed by atoms with Gasteiger partial charge in [-0.25, -0.2) is 4.98 Å². The molecular formula is C11H17N3O3. The highest BCUT2D eigenvalue weighted by Crippen LogP contribution is 1.95. The van der Waals surface area contributed by atoms with Crippen molar-refractivity contribution in [2.24, 2.45) is 7.05 Å². The van der Waals surface area contributed by atoms with Crippen molar-refractivity contribution in [3.63, 3.8) is 0 Å². The lowest BCUT2D eigenvalue weighted by Gasteiger charge is -2.03. The predicted octanol–water partition coefficient (Wildman–Crippen LogP) is 0.493. The lowest BCUT2D eigenvalue weighted by molar-refractivity contribution is -0.143. The Bertz CT molecular complexity index is 387. The van der Waals surface area contributed by atoms with Crippen molar-refractivity contribution in [3.8, 4) is 0 Å². The lowest BCUT2D eigenvalue weighted by Crippen LogP contribution is -2.25. The van der Waals surface area contributed by atoms with Crippen LogP contribution in [0.2, 0.25) is 0 Å². The fraction of sp³-hybridized carbons (Fsp3) is 0.545. The molecule has 1 aromatic rings. The van der Waals surface area contributed by atoms with Crippen LogP contribution in [0.5, 0.6) is 0 Å². The van der Waals surface area contributed by atoms with Crippen LogP contribution in [0.15, 0.2) is 12.5 Å². The summed E-state index contributed by atoms with van der Waals surface area (Å²) in [7, 11) is 1.80. The molecule has 0 atom stereocenters. The Morgan fingerprint density at radius 2 is 2.29 bits per heavy atom. The number of ether oxygens (including phenoxy) is 1. The van der Waals surface area contributed by atoms with Gasteiger partial charge in [0.1, 0.15) is 5.69 Å². The van der Waals surface area contributed by atoms with E-state index in [1.165, 1.54) is 0 Å². The van der Waals surface area contributed by atoms with E-state index >= 15 is 0 Å². The lowest BCUT2D eigenvalue weighted by atomic mass is 10.3. The third-order valence-electron chi connectivity index (χ3n) is 2.09. The number of carbonyl (C=O) groups is 2. The smallest absolute Gasteiger partial charge is 0.305 e. The minimum absolute atomic E-state index is 0.227. The Kier molecular flexibility index (Phi) is 5.19. The fourth-order valence-electron chi connectivity index (χ4n) is 1.29. The number of carbonyl (C=O) groups excluding carboxylic acids is 2. The van der Waals surface area contributed by atoms with Gasteiger partial charge in [-0.1, -0.05) is 0 Å². The van der Waals surface area contributed by atoms with E-state index in [4.69, 9.17) is 4.74 Å². The van der Waals surface area contributed by atoms with E-state index in [2.05, 4.69) is 10.3 Å². The number of amides is 1. The van der Waals surface area contributed by atoms with Crippen LogP contribution in [0.4, 0.5) is 0 Å². The molecule has 0 aromatic carbocycles. The molecule has 17 heavy (non-hydrogen) atoms. The highest BCUT2D eigenvalue weighted by molar-refractivity contribution is 5.91. The summed E-state index contributed by atoms with van der Waals surface area (Å²) in [5, 5.41) is 2.69. The highest BCUT2D eigenvalue weighted by atomic mass is 16.5. The predicted molar refractivity (Wildman–Crippen MR) is 61.4 cm³/mol. The maximum absolute atomic E-state index is 11.5. The van der Waals surface area contributed by atoms with Crippen LogP contribution in [0.1, 0.15) is 30.3 Å². The van der Waals surface area contributed by atoms with Gasteiger partial charge >= 0.3 is 5.97 Å². The molecule has 0 bridgehead atoms. The quantitative estimate of drug-likeness (QED) is 0.579. The molecule has 0 aliphatic rings. The molecule has 6 nitrogen and oxygen atoms in total. The molecule has 0 fully saturated rings. The molecule has 0 radical (unpaired) electrons. The van der Waals surface area contributed by atoms with Gasteiger partial charge in [0.25, 0.3) is 5.91 Å². The molecule has 0 aliphatic carbocycles. The van der Waals surface area contributed by atoms with Gasteiger partial charge < -0.3 is 14.6 Å². The normalized spacial score (nSPS) is 10.0. The van der Waals surface area contributed by atoms with Crippen LogP contribution in [-0.2, 0) is 16.6 Å². The third kappa shape index (κ3) is 4.67. The molecule has 0 saturated carbocycles. The van der Waals surface area contributed by atoms with Gasteiger partial charge in [0.2, 0.25) is 0 Å². The maximum Gasteiger partial charge on any atom is 0.305 e. The van der Waals surface area contributed by atoms with Gasteiger partial charge in [-0.3, -0.25) is 9.59 Å². The number of hydrogen-bond acceptors (Lipinski definition) is 4. The van der Waals surface area contributed by atoms with Crippen LogP contribution in [0.25, 0.3) is 0 Å². The SMILES string of the molecule is CCOC(=O)CCCNC(=O)c1cn(C)cn1. The second kappa shape index (κ2) is 6.67. The van der Waals surface area contributed by atoms with E-state index in [9.17, 15) is 9.59 Å². The zero-order chi connectivity index (χ0) is 12.7. The van der Waals surface area contributed by atoms with Crippen LogP contribution in [-0.4, -0.2) is 34.6 Å². The summed E-state index contributed by atoms with van der Waals surface area (Å²) >= 11 is 0. The van der Waals surface area contributed by atoms with Crippen LogP contribution in [0.3, 0.4) is 0 Å². The Morgan fingerprint density at radius 1 is 1.53 bits per heavy atom. The maximum atomic E-state index is 11.5. The monoisotopic (exact) mass is 239 g/mol. The first-order valence-corrected chi connectivity index (χ1v) is 5.55. The van der Waals surface area contributed by atoms with Crippen LogP contribution < -0.4 is 5.32 Å². The number of nitrogens with one attached hydrogen (secondary N) is 1. The zero-order valence-electron chi connectivity index (χ0n) is 10.1. The van der Waals surface area contributed by atoms with Gasteiger partial charge in [-0.2, -0.15) is 0 Å². The molecule has 1 N–H and O–H groups in total. The van der Waals surface area contributed by atoms with E-state index in [-0.39, 0.29) is 11.9 Å². The Labute approximate surface area is 100.0 Å². The average molecular weight is 239 g/mol. The van der Waals surface area contributed by atoms with Gasteiger partial charge in [0, 0.05) is 26.2 Å². The molecule has 1 heterocycles. The van der Waals surface area contributed by atoms with Crippen molar-refractivity contribution in [3.05, 3.63) is 18.2 Å². The number of nitrogens with zero attached hydrogens (tertiary/aromatic N) is 2. The van der Waals surface area contributed by atoms with Crippen molar-refractivity contribution in [2.75, 3.05) is 13.2 Å². The van der Waals surface area contributed by atoms with Gasteiger partial charge in [-0.15, -0.1) is 0 Å². The van der Waals surface area contributed by atoms with Crippen LogP contribution in [0, 0.1) is 0 Å². The topological polar surface area (TPSA) is 73.2 Å². The van der Waals surface area contributed by atoms with Crippen molar-refractivity contribution in [1.29, 1.82) is 0 Å². The van der Waals surface area contributed by atoms with Gasteiger partial charge in [0.05, 0.1) is 12.9 Å². The van der Waals surface area contributed by atoms with E-state index in [1.807, 2.05) is 0 Å². The van der Waals surface area contributed by atoms with E-state index in [1.54, 1.807) is 31.1 Å². The second-order valence-corrected chi connectivity index (χ2v) is 3.59. The largest absolute Gasteiger partial charge is 0.466 e. The Hall–Kier alpha value is -1.85. The van der Waals surface area contributed by atoms with E-state index in [0.717, 1.165) is 0 Å². The van der Waals surface area contributed by atoms with Crippen molar-refractivity contribution < 1.29 is 14.3 Å². The summed E-state index contributed by atoms with van der Waals surface area (Å²) in [5.74, 6) is -0.464. The van der Waals surface area contributed by atoms with E-state index in [0.29, 0.717) is 31.7 Å². The molecule has 0 aliphatic heterocycles. The van der Waals surface area contributed by atoms with Crippen molar-refractivity contribution >= 4 is 11.9 Å². The molecule has 0 saturated heterocycles. The Morgan fingerprint density at radius 3 is 2.88 bits per heavy atom. The molecule has 0 spiro atoms. The first-order valence-electron chi connectivity index (χ1n) is 5.55. The summed E-state index contributed by atoms with van der Waals surface area (Å²) in [6.45, 7) is 2.59. The first-order chi connectivity index (χ1) is 8.13. The minimum Gasteiger partial charge on any atom is -0.466 e. The molecule has 1 rings (SSSR count). The summed E-state index contributed by atoms with van der Waals surface area (Å²) in [6.07, 6.45) is 4.09. The zero-order valence-corrected chi connectivity index (χ0v) is 10.1. The summed E-state index contributed by atoms with van der Waals surface area (Å²) < 4.78 is 6.47. The average Bonchev–Trinajstić information content (AvgIpc) is 2.71. The fourth-order valence-corrected chi connectivity index (χ4v) is 1.29. The van der Waals surface area contributed by atoms with E-state index < -0.39 is 0 Å². The highest BCUT2D eigenvalue weighted by Gasteiger charge is 2.08. The molecule has 94 valence electrons. The van der Waals surface area contributed by atoms with Crippen LogP contribution >= 0.6 is 0 Å². The summed E-state index contributed by atoms with van der Waals surface area (Å²) in [5.41, 5.74) is 0.378. The second-order valence-electron chi connectivity index (χ2n) is 3.59. The first kappa shape index (κ1) is 13.2. The van der Waals surface area contributed by atoms with Crippen molar-refractivity contribution in [2.45, 2.75) is 19.8 Å². The third-order valence-corrected chi connectivity index (χ3v) is 2.09. The van der Waals surface area contributed by atoms with Crippen molar-refractivity contribution in [1.82, 2.24) is 14.9 Å². The number of esters is 1. The number of aryl methyl sites for hydroxylation is 1. The number of rotatable bonds is 6. The molecule has 0 unspecified atom stereocenters. The standard InChI is InChI=1S/C11H17N3O3/c1-3-17-10(15)5-4-6-12-11(16)9-7-14(2)8-13-9/h7-8H,3-6H2,1-2H3,(H,12,16).